The molecule has 0 spiro atoms. The first-order valence-electron chi connectivity index (χ1n) is 5.42. The molecule has 0 aromatic heterocycles. The third-order valence-corrected chi connectivity index (χ3v) is 3.27. The molecule has 3 heteroatoms. The van der Waals surface area contributed by atoms with E-state index in [1.807, 2.05) is 0 Å². The zero-order valence-electron chi connectivity index (χ0n) is 8.46. The summed E-state index contributed by atoms with van der Waals surface area (Å²) in [5.74, 6) is 0.874. The van der Waals surface area contributed by atoms with Crippen LogP contribution >= 0.6 is 0 Å². The molecule has 1 aliphatic heterocycles. The van der Waals surface area contributed by atoms with Gasteiger partial charge in [0, 0.05) is 6.42 Å². The molecule has 1 heterocycles. The highest BCUT2D eigenvalue weighted by atomic mass is 16.5. The van der Waals surface area contributed by atoms with Gasteiger partial charge in [-0.2, -0.15) is 5.26 Å². The lowest BCUT2D eigenvalue weighted by atomic mass is 9.72. The molecule has 0 amide bonds. The fourth-order valence-electron chi connectivity index (χ4n) is 2.50. The summed E-state index contributed by atoms with van der Waals surface area (Å²) in [4.78, 5) is 4.39. The molecule has 0 saturated heterocycles. The van der Waals surface area contributed by atoms with Crippen LogP contribution in [0.1, 0.15) is 38.5 Å². The van der Waals surface area contributed by atoms with Crippen molar-refractivity contribution in [3.05, 3.63) is 0 Å². The van der Waals surface area contributed by atoms with Crippen molar-refractivity contribution in [2.45, 2.75) is 38.5 Å². The maximum Gasteiger partial charge on any atom is 0.190 e. The smallest absolute Gasteiger partial charge is 0.190 e. The Hall–Kier alpha value is -1.04. The number of nitrogens with zero attached hydrogens (tertiary/aromatic N) is 2. The van der Waals surface area contributed by atoms with Crippen molar-refractivity contribution in [3.8, 4) is 6.07 Å². The monoisotopic (exact) mass is 192 g/mol. The van der Waals surface area contributed by atoms with Crippen molar-refractivity contribution in [2.24, 2.45) is 10.4 Å². The summed E-state index contributed by atoms with van der Waals surface area (Å²) in [6, 6.07) is 2.29. The van der Waals surface area contributed by atoms with E-state index >= 15 is 0 Å². The molecule has 14 heavy (non-hydrogen) atoms. The van der Waals surface area contributed by atoms with Gasteiger partial charge in [-0.25, -0.2) is 0 Å². The van der Waals surface area contributed by atoms with E-state index in [4.69, 9.17) is 10.00 Å². The van der Waals surface area contributed by atoms with Crippen LogP contribution in [0.15, 0.2) is 4.99 Å². The second-order valence-corrected chi connectivity index (χ2v) is 4.21. The molecule has 0 radical (unpaired) electrons. The molecule has 1 aliphatic carbocycles. The molecule has 0 aromatic rings. The van der Waals surface area contributed by atoms with Gasteiger partial charge < -0.3 is 4.74 Å². The number of nitriles is 1. The van der Waals surface area contributed by atoms with Gasteiger partial charge in [-0.1, -0.05) is 19.3 Å². The van der Waals surface area contributed by atoms with Crippen molar-refractivity contribution in [1.29, 1.82) is 5.26 Å². The Labute approximate surface area is 84.8 Å². The number of ether oxygens (including phenoxy) is 1. The topological polar surface area (TPSA) is 45.4 Å². The van der Waals surface area contributed by atoms with Crippen LogP contribution in [0.4, 0.5) is 0 Å². The predicted octanol–water partition coefficient (Wildman–Crippen LogP) is 2.28. The Kier molecular flexibility index (Phi) is 2.72. The van der Waals surface area contributed by atoms with E-state index in [-0.39, 0.29) is 5.41 Å². The van der Waals surface area contributed by atoms with Gasteiger partial charge in [0.05, 0.1) is 18.0 Å². The molecule has 2 aliphatic rings. The van der Waals surface area contributed by atoms with Gasteiger partial charge in [0.1, 0.15) is 6.61 Å². The minimum Gasteiger partial charge on any atom is -0.479 e. The second kappa shape index (κ2) is 4.00. The van der Waals surface area contributed by atoms with Crippen LogP contribution in [0.25, 0.3) is 0 Å². The molecule has 2 rings (SSSR count). The maximum absolute atomic E-state index is 8.88. The molecule has 1 fully saturated rings. The average Bonchev–Trinajstić information content (AvgIpc) is 2.73. The minimum absolute atomic E-state index is 0.0243. The van der Waals surface area contributed by atoms with Crippen LogP contribution in [0, 0.1) is 16.7 Å². The van der Waals surface area contributed by atoms with Crippen molar-refractivity contribution < 1.29 is 4.74 Å². The molecule has 76 valence electrons. The van der Waals surface area contributed by atoms with E-state index in [0.717, 1.165) is 25.3 Å². The average molecular weight is 192 g/mol. The summed E-state index contributed by atoms with van der Waals surface area (Å²) in [6.45, 7) is 1.49. The zero-order valence-corrected chi connectivity index (χ0v) is 8.46. The highest BCUT2D eigenvalue weighted by molar-refractivity contribution is 5.84. The number of hydrogen-bond acceptors (Lipinski definition) is 3. The van der Waals surface area contributed by atoms with Crippen LogP contribution in [0.5, 0.6) is 0 Å². The third kappa shape index (κ3) is 1.61. The second-order valence-electron chi connectivity index (χ2n) is 4.21. The van der Waals surface area contributed by atoms with Crippen molar-refractivity contribution in [3.63, 3.8) is 0 Å². The zero-order chi connectivity index (χ0) is 9.86. The van der Waals surface area contributed by atoms with Crippen LogP contribution in [-0.4, -0.2) is 19.0 Å². The summed E-state index contributed by atoms with van der Waals surface area (Å²) >= 11 is 0. The first kappa shape index (κ1) is 9.51. The van der Waals surface area contributed by atoms with E-state index in [9.17, 15) is 0 Å². The molecular formula is C11H16N2O. The Morgan fingerprint density at radius 3 is 2.71 bits per heavy atom. The summed E-state index contributed by atoms with van der Waals surface area (Å²) in [7, 11) is 0. The van der Waals surface area contributed by atoms with Gasteiger partial charge in [0.25, 0.3) is 0 Å². The quantitative estimate of drug-likeness (QED) is 0.673. The van der Waals surface area contributed by atoms with Crippen LogP contribution in [0.2, 0.25) is 0 Å². The van der Waals surface area contributed by atoms with Crippen molar-refractivity contribution in [2.75, 3.05) is 13.2 Å². The van der Waals surface area contributed by atoms with Crippen LogP contribution < -0.4 is 0 Å². The lowest BCUT2D eigenvalue weighted by molar-refractivity contribution is 0.219. The normalized spacial score (nSPS) is 24.9. The van der Waals surface area contributed by atoms with E-state index in [0.29, 0.717) is 13.0 Å². The van der Waals surface area contributed by atoms with Crippen LogP contribution in [0.3, 0.4) is 0 Å². The van der Waals surface area contributed by atoms with Gasteiger partial charge >= 0.3 is 0 Å². The van der Waals surface area contributed by atoms with E-state index in [2.05, 4.69) is 11.1 Å². The molecule has 1 saturated carbocycles. The standard InChI is InChI=1S/C11H16N2O/c12-7-6-11(4-2-1-3-5-11)10-13-8-9-14-10/h1-6,8-9H2. The lowest BCUT2D eigenvalue weighted by Crippen LogP contribution is -2.33. The highest BCUT2D eigenvalue weighted by Gasteiger charge is 2.39. The lowest BCUT2D eigenvalue weighted by Gasteiger charge is -2.34. The van der Waals surface area contributed by atoms with Gasteiger partial charge in [0.15, 0.2) is 5.90 Å². The molecule has 0 unspecified atom stereocenters. The third-order valence-electron chi connectivity index (χ3n) is 3.27. The summed E-state index contributed by atoms with van der Waals surface area (Å²) in [5.41, 5.74) is -0.0243. The fourth-order valence-corrected chi connectivity index (χ4v) is 2.50. The van der Waals surface area contributed by atoms with Crippen LogP contribution in [-0.2, 0) is 4.74 Å². The Balaban J connectivity index is 2.16. The van der Waals surface area contributed by atoms with E-state index in [1.165, 1.54) is 19.3 Å². The van der Waals surface area contributed by atoms with Gasteiger partial charge in [-0.15, -0.1) is 0 Å². The van der Waals surface area contributed by atoms with Crippen molar-refractivity contribution >= 4 is 5.90 Å². The molecular weight excluding hydrogens is 176 g/mol. The Bertz CT molecular complexity index is 272. The number of rotatable bonds is 2. The minimum atomic E-state index is -0.0243. The molecule has 3 nitrogen and oxygen atoms in total. The largest absolute Gasteiger partial charge is 0.479 e. The summed E-state index contributed by atoms with van der Waals surface area (Å²) in [6.07, 6.45) is 6.46. The predicted molar refractivity (Wildman–Crippen MR) is 54.0 cm³/mol. The summed E-state index contributed by atoms with van der Waals surface area (Å²) < 4.78 is 5.55. The number of aliphatic imine (C=N–C) groups is 1. The molecule has 0 N–H and O–H groups in total. The van der Waals surface area contributed by atoms with Gasteiger partial charge in [-0.3, -0.25) is 4.99 Å². The molecule has 0 bridgehead atoms. The summed E-state index contributed by atoms with van der Waals surface area (Å²) in [5, 5.41) is 8.88. The number of hydrogen-bond donors (Lipinski definition) is 0. The first-order chi connectivity index (χ1) is 6.87. The van der Waals surface area contributed by atoms with Crippen molar-refractivity contribution in [1.82, 2.24) is 0 Å². The fraction of sp³-hybridized carbons (Fsp3) is 0.818. The SMILES string of the molecule is N#CCC1(C2=NCCO2)CCCCC1. The molecule has 0 atom stereocenters. The maximum atomic E-state index is 8.88. The van der Waals surface area contributed by atoms with E-state index in [1.54, 1.807) is 0 Å². The molecule has 0 aromatic carbocycles. The first-order valence-corrected chi connectivity index (χ1v) is 5.42. The van der Waals surface area contributed by atoms with E-state index < -0.39 is 0 Å². The van der Waals surface area contributed by atoms with Gasteiger partial charge in [-0.05, 0) is 12.8 Å². The van der Waals surface area contributed by atoms with Gasteiger partial charge in [0.2, 0.25) is 0 Å². The highest BCUT2D eigenvalue weighted by Crippen LogP contribution is 2.41. The Morgan fingerprint density at radius 1 is 1.36 bits per heavy atom. The Morgan fingerprint density at radius 2 is 2.14 bits per heavy atom.